The molecule has 0 atom stereocenters. The molecule has 4 nitrogen and oxygen atoms in total. The van der Waals surface area contributed by atoms with E-state index in [2.05, 4.69) is 20.7 Å². The van der Waals surface area contributed by atoms with Crippen LogP contribution in [0.25, 0.3) is 0 Å². The first-order valence-corrected chi connectivity index (χ1v) is 4.61. The summed E-state index contributed by atoms with van der Waals surface area (Å²) in [5, 5.41) is 0.186. The van der Waals surface area contributed by atoms with Crippen LogP contribution in [0.3, 0.4) is 0 Å². The van der Waals surface area contributed by atoms with E-state index in [0.717, 1.165) is 0 Å². The Morgan fingerprint density at radius 1 is 1.33 bits per heavy atom. The van der Waals surface area contributed by atoms with Crippen molar-refractivity contribution >= 4 is 27.9 Å². The Morgan fingerprint density at radius 2 is 2.00 bits per heavy atom. The third kappa shape index (κ3) is 6.15. The van der Waals surface area contributed by atoms with Crippen LogP contribution in [-0.4, -0.2) is 31.0 Å². The highest BCUT2D eigenvalue weighted by Crippen LogP contribution is 1.94. The summed E-state index contributed by atoms with van der Waals surface area (Å²) in [4.78, 5) is 21.1. The molecule has 5 heteroatoms. The van der Waals surface area contributed by atoms with Gasteiger partial charge in [-0.15, -0.1) is 0 Å². The summed E-state index contributed by atoms with van der Waals surface area (Å²) < 4.78 is 9.09. The fourth-order valence-corrected chi connectivity index (χ4v) is 0.705. The minimum atomic E-state index is -0.320. The number of methoxy groups -OCH3 is 1. The summed E-state index contributed by atoms with van der Waals surface area (Å²) >= 11 is 2.94. The van der Waals surface area contributed by atoms with E-state index < -0.39 is 0 Å². The number of rotatable bonds is 5. The molecule has 0 aromatic heterocycles. The van der Waals surface area contributed by atoms with Crippen molar-refractivity contribution in [2.75, 3.05) is 19.0 Å². The third-order valence-corrected chi connectivity index (χ3v) is 1.58. The maximum Gasteiger partial charge on any atom is 0.316 e. The van der Waals surface area contributed by atoms with E-state index in [4.69, 9.17) is 4.74 Å². The Kier molecular flexibility index (Phi) is 6.75. The molecule has 0 saturated carbocycles. The second-order valence-electron chi connectivity index (χ2n) is 2.03. The van der Waals surface area contributed by atoms with Gasteiger partial charge in [-0.25, -0.2) is 0 Å². The van der Waals surface area contributed by atoms with Gasteiger partial charge in [-0.2, -0.15) is 0 Å². The monoisotopic (exact) mass is 238 g/mol. The topological polar surface area (TPSA) is 52.6 Å². The lowest BCUT2D eigenvalue weighted by Gasteiger charge is -2.01. The number of ether oxygens (including phenoxy) is 2. The molecule has 0 bridgehead atoms. The number of carbonyl (C=O) groups excluding carboxylic acids is 2. The van der Waals surface area contributed by atoms with Crippen molar-refractivity contribution in [3.8, 4) is 0 Å². The highest BCUT2D eigenvalue weighted by molar-refractivity contribution is 9.09. The first-order chi connectivity index (χ1) is 5.70. The maximum atomic E-state index is 10.6. The zero-order valence-corrected chi connectivity index (χ0v) is 8.43. The number of hydrogen-bond acceptors (Lipinski definition) is 4. The molecular weight excluding hydrogens is 228 g/mol. The van der Waals surface area contributed by atoms with E-state index in [1.165, 1.54) is 7.11 Å². The van der Waals surface area contributed by atoms with E-state index in [1.807, 2.05) is 0 Å². The zero-order valence-electron chi connectivity index (χ0n) is 6.84. The molecule has 70 valence electrons. The van der Waals surface area contributed by atoms with E-state index in [1.54, 1.807) is 0 Å². The molecule has 0 aliphatic rings. The fraction of sp³-hybridized carbons (Fsp3) is 0.714. The number of carbonyl (C=O) groups is 2. The van der Waals surface area contributed by atoms with Gasteiger partial charge in [-0.1, -0.05) is 15.9 Å². The quantitative estimate of drug-likeness (QED) is 0.406. The van der Waals surface area contributed by atoms with Crippen molar-refractivity contribution < 1.29 is 19.1 Å². The number of hydrogen-bond donors (Lipinski definition) is 0. The van der Waals surface area contributed by atoms with Crippen molar-refractivity contribution in [3.63, 3.8) is 0 Å². The Morgan fingerprint density at radius 3 is 2.50 bits per heavy atom. The molecule has 0 saturated heterocycles. The first kappa shape index (κ1) is 11.4. The second kappa shape index (κ2) is 7.09. The van der Waals surface area contributed by atoms with Gasteiger partial charge in [0.15, 0.2) is 0 Å². The van der Waals surface area contributed by atoms with Gasteiger partial charge in [-0.3, -0.25) is 9.59 Å². The molecule has 12 heavy (non-hydrogen) atoms. The molecule has 0 spiro atoms. The fourth-order valence-electron chi connectivity index (χ4n) is 0.543. The van der Waals surface area contributed by atoms with Crippen LogP contribution in [0.1, 0.15) is 12.8 Å². The molecule has 0 aliphatic heterocycles. The Balaban J connectivity index is 3.21. The molecule has 0 N–H and O–H groups in total. The smallest absolute Gasteiger partial charge is 0.316 e. The SMILES string of the molecule is COC(=O)CCCOC(=O)CBr. The Hall–Kier alpha value is -0.580. The number of esters is 2. The van der Waals surface area contributed by atoms with Gasteiger partial charge in [0.25, 0.3) is 0 Å². The molecule has 0 aromatic carbocycles. The Bertz CT molecular complexity index is 139. The van der Waals surface area contributed by atoms with Crippen LogP contribution in [0, 0.1) is 0 Å². The van der Waals surface area contributed by atoms with Crippen LogP contribution in [0.2, 0.25) is 0 Å². The van der Waals surface area contributed by atoms with Crippen LogP contribution in [0.4, 0.5) is 0 Å². The molecule has 0 aliphatic carbocycles. The zero-order chi connectivity index (χ0) is 9.40. The van der Waals surface area contributed by atoms with Gasteiger partial charge in [0, 0.05) is 6.42 Å². The van der Waals surface area contributed by atoms with E-state index in [-0.39, 0.29) is 30.3 Å². The molecule has 0 rings (SSSR count). The molecule has 0 aromatic rings. The Labute approximate surface area is 79.3 Å². The lowest BCUT2D eigenvalue weighted by Crippen LogP contribution is -2.08. The minimum Gasteiger partial charge on any atom is -0.469 e. The molecule has 0 heterocycles. The predicted molar refractivity (Wildman–Crippen MR) is 46.0 cm³/mol. The summed E-state index contributed by atoms with van der Waals surface area (Å²) in [5.74, 6) is -0.607. The normalized spacial score (nSPS) is 9.17. The molecule has 0 fully saturated rings. The van der Waals surface area contributed by atoms with Crippen molar-refractivity contribution in [2.24, 2.45) is 0 Å². The number of alkyl halides is 1. The second-order valence-corrected chi connectivity index (χ2v) is 2.59. The summed E-state index contributed by atoms with van der Waals surface area (Å²) in [6.07, 6.45) is 0.789. The van der Waals surface area contributed by atoms with Crippen molar-refractivity contribution in [2.45, 2.75) is 12.8 Å². The van der Waals surface area contributed by atoms with Gasteiger partial charge in [0.05, 0.1) is 13.7 Å². The molecule has 0 radical (unpaired) electrons. The van der Waals surface area contributed by atoms with E-state index in [0.29, 0.717) is 6.42 Å². The van der Waals surface area contributed by atoms with Crippen LogP contribution in [0.15, 0.2) is 0 Å². The minimum absolute atomic E-state index is 0.186. The predicted octanol–water partition coefficient (Wildman–Crippen LogP) is 0.878. The van der Waals surface area contributed by atoms with E-state index >= 15 is 0 Å². The molecule has 0 unspecified atom stereocenters. The van der Waals surface area contributed by atoms with Gasteiger partial charge in [0.2, 0.25) is 0 Å². The van der Waals surface area contributed by atoms with Crippen molar-refractivity contribution in [1.29, 1.82) is 0 Å². The third-order valence-electron chi connectivity index (χ3n) is 1.13. The van der Waals surface area contributed by atoms with Gasteiger partial charge in [0.1, 0.15) is 5.33 Å². The first-order valence-electron chi connectivity index (χ1n) is 3.49. The summed E-state index contributed by atoms with van der Waals surface area (Å²) in [5.41, 5.74) is 0. The van der Waals surface area contributed by atoms with Crippen LogP contribution in [-0.2, 0) is 19.1 Å². The van der Waals surface area contributed by atoms with E-state index in [9.17, 15) is 9.59 Å². The van der Waals surface area contributed by atoms with Crippen LogP contribution in [0.5, 0.6) is 0 Å². The van der Waals surface area contributed by atoms with Crippen molar-refractivity contribution in [3.05, 3.63) is 0 Å². The summed E-state index contributed by atoms with van der Waals surface area (Å²) in [7, 11) is 1.33. The lowest BCUT2D eigenvalue weighted by atomic mass is 10.3. The van der Waals surface area contributed by atoms with Crippen LogP contribution >= 0.6 is 15.9 Å². The standard InChI is InChI=1S/C7H11BrO4/c1-11-6(9)3-2-4-12-7(10)5-8/h2-5H2,1H3. The van der Waals surface area contributed by atoms with Crippen molar-refractivity contribution in [1.82, 2.24) is 0 Å². The van der Waals surface area contributed by atoms with Gasteiger partial charge in [-0.05, 0) is 6.42 Å². The molecular formula is C7H11BrO4. The summed E-state index contributed by atoms with van der Waals surface area (Å²) in [6, 6.07) is 0. The largest absolute Gasteiger partial charge is 0.469 e. The highest BCUT2D eigenvalue weighted by Gasteiger charge is 2.01. The average Bonchev–Trinajstić information content (AvgIpc) is 2.11. The molecule has 0 amide bonds. The van der Waals surface area contributed by atoms with Gasteiger partial charge < -0.3 is 9.47 Å². The number of halogens is 1. The van der Waals surface area contributed by atoms with Gasteiger partial charge >= 0.3 is 11.9 Å². The highest BCUT2D eigenvalue weighted by atomic mass is 79.9. The van der Waals surface area contributed by atoms with Crippen LogP contribution < -0.4 is 0 Å². The lowest BCUT2D eigenvalue weighted by molar-refractivity contribution is -0.144. The average molecular weight is 239 g/mol. The maximum absolute atomic E-state index is 10.6. The summed E-state index contributed by atoms with van der Waals surface area (Å²) in [6.45, 7) is 0.263.